The van der Waals surface area contributed by atoms with Gasteiger partial charge in [0.25, 0.3) is 0 Å². The monoisotopic (exact) mass is 322 g/mol. The van der Waals surface area contributed by atoms with Gasteiger partial charge in [-0.05, 0) is 29.8 Å². The molecule has 23 heavy (non-hydrogen) atoms. The number of amides is 2. The number of halogens is 2. The van der Waals surface area contributed by atoms with E-state index in [1.165, 1.54) is 13.2 Å². The summed E-state index contributed by atoms with van der Waals surface area (Å²) in [6.07, 6.45) is -0.930. The molecule has 0 aliphatic heterocycles. The smallest absolute Gasteiger partial charge is 0.319 e. The number of ether oxygens (including phenoxy) is 1. The maximum Gasteiger partial charge on any atom is 0.319 e. The van der Waals surface area contributed by atoms with Crippen molar-refractivity contribution in [2.45, 2.75) is 6.10 Å². The third-order valence-corrected chi connectivity index (χ3v) is 3.11. The predicted molar refractivity (Wildman–Crippen MR) is 81.3 cm³/mol. The molecule has 0 aromatic heterocycles. The quantitative estimate of drug-likeness (QED) is 0.793. The fourth-order valence-corrected chi connectivity index (χ4v) is 1.91. The Morgan fingerprint density at radius 3 is 2.70 bits per heavy atom. The molecule has 1 atom stereocenters. The van der Waals surface area contributed by atoms with Gasteiger partial charge in [0, 0.05) is 18.3 Å². The summed E-state index contributed by atoms with van der Waals surface area (Å²) in [5.74, 6) is -1.46. The highest BCUT2D eigenvalue weighted by Gasteiger charge is 2.11. The Balaban J connectivity index is 1.89. The first kappa shape index (κ1) is 16.7. The summed E-state index contributed by atoms with van der Waals surface area (Å²) in [5.41, 5.74) is 0.690. The van der Waals surface area contributed by atoms with Gasteiger partial charge >= 0.3 is 6.03 Å². The number of benzene rings is 2. The van der Waals surface area contributed by atoms with Gasteiger partial charge in [0.1, 0.15) is 5.75 Å². The van der Waals surface area contributed by atoms with Crippen LogP contribution in [0.15, 0.2) is 42.5 Å². The van der Waals surface area contributed by atoms with Crippen LogP contribution in [-0.4, -0.2) is 24.8 Å². The molecule has 1 unspecified atom stereocenters. The van der Waals surface area contributed by atoms with E-state index >= 15 is 0 Å². The molecule has 5 nitrogen and oxygen atoms in total. The molecule has 0 aliphatic carbocycles. The second-order valence-corrected chi connectivity index (χ2v) is 4.76. The number of anilines is 1. The number of methoxy groups -OCH3 is 1. The van der Waals surface area contributed by atoms with E-state index in [-0.39, 0.29) is 12.2 Å². The lowest BCUT2D eigenvalue weighted by Gasteiger charge is -2.14. The van der Waals surface area contributed by atoms with Crippen LogP contribution >= 0.6 is 0 Å². The van der Waals surface area contributed by atoms with Gasteiger partial charge in [0.15, 0.2) is 11.6 Å². The van der Waals surface area contributed by atoms with Gasteiger partial charge in [-0.15, -0.1) is 0 Å². The van der Waals surface area contributed by atoms with Gasteiger partial charge in [0.05, 0.1) is 13.2 Å². The second kappa shape index (κ2) is 7.55. The zero-order valence-electron chi connectivity index (χ0n) is 12.3. The molecule has 0 radical (unpaired) electrons. The first-order valence-corrected chi connectivity index (χ1v) is 6.81. The van der Waals surface area contributed by atoms with Crippen molar-refractivity contribution in [3.63, 3.8) is 0 Å². The Kier molecular flexibility index (Phi) is 5.48. The normalized spacial score (nSPS) is 11.7. The van der Waals surface area contributed by atoms with Gasteiger partial charge in [-0.2, -0.15) is 0 Å². The molecule has 0 heterocycles. The van der Waals surface area contributed by atoms with Crippen LogP contribution in [0.1, 0.15) is 11.7 Å². The summed E-state index contributed by atoms with van der Waals surface area (Å²) in [6, 6.07) is 9.18. The minimum absolute atomic E-state index is 0.0529. The van der Waals surface area contributed by atoms with Gasteiger partial charge in [-0.3, -0.25) is 0 Å². The number of carbonyl (C=O) groups is 1. The third-order valence-electron chi connectivity index (χ3n) is 3.11. The molecule has 0 fully saturated rings. The van der Waals surface area contributed by atoms with Crippen molar-refractivity contribution in [3.8, 4) is 5.75 Å². The molecule has 0 bridgehead atoms. The third kappa shape index (κ3) is 4.65. The van der Waals surface area contributed by atoms with E-state index < -0.39 is 23.8 Å². The molecule has 3 N–H and O–H groups in total. The lowest BCUT2D eigenvalue weighted by atomic mass is 10.1. The predicted octanol–water partition coefficient (Wildman–Crippen LogP) is 2.83. The number of aliphatic hydroxyl groups excluding tert-OH is 1. The summed E-state index contributed by atoms with van der Waals surface area (Å²) in [5, 5.41) is 14.8. The summed E-state index contributed by atoms with van der Waals surface area (Å²) in [4.78, 5) is 11.7. The first-order valence-electron chi connectivity index (χ1n) is 6.81. The summed E-state index contributed by atoms with van der Waals surface area (Å²) in [7, 11) is 1.51. The summed E-state index contributed by atoms with van der Waals surface area (Å²) in [6.45, 7) is -0.0529. The average Bonchev–Trinajstić information content (AvgIpc) is 2.56. The summed E-state index contributed by atoms with van der Waals surface area (Å²) < 4.78 is 30.9. The molecule has 2 amide bonds. The Labute approximate surface area is 131 Å². The molecule has 0 saturated carbocycles. The zero-order valence-corrected chi connectivity index (χ0v) is 12.3. The largest absolute Gasteiger partial charge is 0.497 e. The van der Waals surface area contributed by atoms with Crippen LogP contribution in [0.5, 0.6) is 5.75 Å². The van der Waals surface area contributed by atoms with Crippen molar-refractivity contribution >= 4 is 11.7 Å². The molecule has 0 spiro atoms. The molecule has 0 aliphatic rings. The first-order chi connectivity index (χ1) is 11.0. The number of urea groups is 1. The zero-order chi connectivity index (χ0) is 16.8. The highest BCUT2D eigenvalue weighted by Crippen LogP contribution is 2.18. The number of rotatable bonds is 5. The van der Waals surface area contributed by atoms with Crippen molar-refractivity contribution in [1.29, 1.82) is 0 Å². The van der Waals surface area contributed by atoms with Crippen LogP contribution in [0.25, 0.3) is 0 Å². The maximum atomic E-state index is 13.0. The van der Waals surface area contributed by atoms with Gasteiger partial charge in [-0.1, -0.05) is 12.1 Å². The molecule has 122 valence electrons. The molecule has 2 aromatic rings. The minimum Gasteiger partial charge on any atom is -0.497 e. The van der Waals surface area contributed by atoms with E-state index in [0.29, 0.717) is 11.3 Å². The van der Waals surface area contributed by atoms with Crippen LogP contribution < -0.4 is 15.4 Å². The molecular formula is C16H16F2N2O3. The molecule has 7 heteroatoms. The minimum atomic E-state index is -1.06. The maximum absolute atomic E-state index is 13.0. The van der Waals surface area contributed by atoms with E-state index in [4.69, 9.17) is 4.74 Å². The molecule has 0 saturated heterocycles. The van der Waals surface area contributed by atoms with Gasteiger partial charge in [0.2, 0.25) is 0 Å². The fraction of sp³-hybridized carbons (Fsp3) is 0.188. The van der Waals surface area contributed by atoms with Crippen molar-refractivity contribution < 1.29 is 23.4 Å². The van der Waals surface area contributed by atoms with Crippen LogP contribution in [-0.2, 0) is 0 Å². The number of hydrogen-bond acceptors (Lipinski definition) is 3. The van der Waals surface area contributed by atoms with E-state index in [1.54, 1.807) is 24.3 Å². The average molecular weight is 322 g/mol. The lowest BCUT2D eigenvalue weighted by Crippen LogP contribution is -2.32. The van der Waals surface area contributed by atoms with Crippen molar-refractivity contribution in [1.82, 2.24) is 5.32 Å². The number of nitrogens with one attached hydrogen (secondary N) is 2. The Morgan fingerprint density at radius 2 is 2.00 bits per heavy atom. The standard InChI is InChI=1S/C16H16F2N2O3/c1-23-12-4-2-3-10(7-12)15(21)9-19-16(22)20-11-5-6-13(17)14(18)8-11/h2-8,15,21H,9H2,1H3,(H2,19,20,22). The highest BCUT2D eigenvalue weighted by atomic mass is 19.2. The van der Waals surface area contributed by atoms with Crippen molar-refractivity contribution in [2.24, 2.45) is 0 Å². The van der Waals surface area contributed by atoms with E-state index in [2.05, 4.69) is 10.6 Å². The van der Waals surface area contributed by atoms with Crippen LogP contribution in [0.2, 0.25) is 0 Å². The number of hydrogen-bond donors (Lipinski definition) is 3. The Hall–Kier alpha value is -2.67. The van der Waals surface area contributed by atoms with Crippen molar-refractivity contribution in [2.75, 3.05) is 19.0 Å². The molecule has 2 aromatic carbocycles. The number of carbonyl (C=O) groups excluding carboxylic acids is 1. The van der Waals surface area contributed by atoms with Crippen LogP contribution in [0.4, 0.5) is 19.3 Å². The number of aliphatic hydroxyl groups is 1. The van der Waals surface area contributed by atoms with Crippen molar-refractivity contribution in [3.05, 3.63) is 59.7 Å². The van der Waals surface area contributed by atoms with E-state index in [0.717, 1.165) is 12.1 Å². The van der Waals surface area contributed by atoms with E-state index in [9.17, 15) is 18.7 Å². The van der Waals surface area contributed by atoms with Crippen LogP contribution in [0.3, 0.4) is 0 Å². The molecular weight excluding hydrogens is 306 g/mol. The Morgan fingerprint density at radius 1 is 1.22 bits per heavy atom. The highest BCUT2D eigenvalue weighted by molar-refractivity contribution is 5.89. The fourth-order valence-electron chi connectivity index (χ4n) is 1.91. The van der Waals surface area contributed by atoms with E-state index in [1.807, 2.05) is 0 Å². The topological polar surface area (TPSA) is 70.6 Å². The SMILES string of the molecule is COc1cccc(C(O)CNC(=O)Nc2ccc(F)c(F)c2)c1. The second-order valence-electron chi connectivity index (χ2n) is 4.76. The summed E-state index contributed by atoms with van der Waals surface area (Å²) >= 11 is 0. The molecule has 2 rings (SSSR count). The lowest BCUT2D eigenvalue weighted by molar-refractivity contribution is 0.175. The van der Waals surface area contributed by atoms with Crippen LogP contribution in [0, 0.1) is 11.6 Å². The van der Waals surface area contributed by atoms with Gasteiger partial charge < -0.3 is 20.5 Å². The van der Waals surface area contributed by atoms with Gasteiger partial charge in [-0.25, -0.2) is 13.6 Å². The Bertz CT molecular complexity index is 695.